The van der Waals surface area contributed by atoms with Gasteiger partial charge in [0.2, 0.25) is 5.69 Å². The Morgan fingerprint density at radius 1 is 0.737 bits per heavy atom. The average molecular weight is 848 g/mol. The summed E-state index contributed by atoms with van der Waals surface area (Å²) in [7, 11) is -8.54. The van der Waals surface area contributed by atoms with Gasteiger partial charge >= 0.3 is 59.1 Å². The maximum absolute atomic E-state index is 11.3. The molecule has 0 fully saturated rings. The average Bonchev–Trinajstić information content (AvgIpc) is 3.47. The molecule has 8 nitrogen and oxygen atoms in total. The molecule has 0 spiro atoms. The molecule has 3 aliphatic rings. The predicted octanol–water partition coefficient (Wildman–Crippen LogP) is 3.18. The molecule has 3 aromatic carbocycles. The van der Waals surface area contributed by atoms with Crippen LogP contribution < -0.4 is 64.0 Å². The summed E-state index contributed by atoms with van der Waals surface area (Å²) in [4.78, 5) is 2.27. The summed E-state index contributed by atoms with van der Waals surface area (Å²) in [5.74, 6) is -0.737. The van der Waals surface area contributed by atoms with E-state index in [1.165, 1.54) is 22.3 Å². The molecule has 2 aliphatic heterocycles. The largest absolute Gasteiger partial charge is 1.00 e. The van der Waals surface area contributed by atoms with Crippen LogP contribution in [-0.2, 0) is 31.1 Å². The van der Waals surface area contributed by atoms with Gasteiger partial charge in [-0.2, -0.15) is 4.58 Å². The SMILES string of the molecule is CC1(C)C(=CC=C2CCCC(C=CC3=[N+](CCCCS(=O)(=O)[O-])c4ccccc4C3(C)C)=C2c2ccc(Cl)cc2)N(CCCCS(=O)(=O)[O-])c2ccccc21.[Na+].[Na+]. The fraction of sp³-hybridized carbons (Fsp3) is 0.386. The third-order valence-corrected chi connectivity index (χ3v) is 13.0. The van der Waals surface area contributed by atoms with Crippen LogP contribution in [0, 0.1) is 0 Å². The van der Waals surface area contributed by atoms with Crippen LogP contribution in [0.2, 0.25) is 5.02 Å². The summed E-state index contributed by atoms with van der Waals surface area (Å²) in [6.45, 7) is 10.1. The fourth-order valence-corrected chi connectivity index (χ4v) is 9.71. The molecule has 0 atom stereocenters. The molecule has 0 radical (unpaired) electrons. The zero-order valence-electron chi connectivity index (χ0n) is 34.1. The Morgan fingerprint density at radius 2 is 1.35 bits per heavy atom. The zero-order chi connectivity index (χ0) is 39.6. The van der Waals surface area contributed by atoms with Gasteiger partial charge in [0.1, 0.15) is 6.54 Å². The number of fused-ring (bicyclic) bond motifs is 2. The summed E-state index contributed by atoms with van der Waals surface area (Å²) in [5.41, 5.74) is 10.9. The molecular weight excluding hydrogens is 798 g/mol. The van der Waals surface area contributed by atoms with Crippen LogP contribution in [-0.4, -0.2) is 60.8 Å². The quantitative estimate of drug-likeness (QED) is 0.106. The van der Waals surface area contributed by atoms with E-state index in [4.69, 9.17) is 11.6 Å². The van der Waals surface area contributed by atoms with Crippen LogP contribution >= 0.6 is 11.6 Å². The number of unbranched alkanes of at least 4 members (excludes halogenated alkanes) is 2. The number of allylic oxidation sites excluding steroid dienone is 8. The van der Waals surface area contributed by atoms with E-state index in [9.17, 15) is 25.9 Å². The minimum atomic E-state index is -4.27. The summed E-state index contributed by atoms with van der Waals surface area (Å²) in [6, 6.07) is 24.6. The maximum Gasteiger partial charge on any atom is 1.00 e. The summed E-state index contributed by atoms with van der Waals surface area (Å²) in [6.07, 6.45) is 13.4. The first kappa shape index (κ1) is 47.9. The van der Waals surface area contributed by atoms with Crippen LogP contribution in [0.1, 0.15) is 89.3 Å². The molecule has 13 heteroatoms. The monoisotopic (exact) mass is 847 g/mol. The van der Waals surface area contributed by atoms with Crippen LogP contribution in [0.4, 0.5) is 11.4 Å². The Kier molecular flexibility index (Phi) is 16.6. The fourth-order valence-electron chi connectivity index (χ4n) is 8.47. The topological polar surface area (TPSA) is 121 Å². The van der Waals surface area contributed by atoms with Crippen molar-refractivity contribution in [1.29, 1.82) is 0 Å². The van der Waals surface area contributed by atoms with E-state index < -0.39 is 20.2 Å². The number of hydrogen-bond donors (Lipinski definition) is 0. The maximum atomic E-state index is 11.3. The van der Waals surface area contributed by atoms with Gasteiger partial charge in [-0.3, -0.25) is 0 Å². The van der Waals surface area contributed by atoms with Gasteiger partial charge in [0, 0.05) is 64.0 Å². The van der Waals surface area contributed by atoms with Gasteiger partial charge in [0.05, 0.1) is 25.7 Å². The van der Waals surface area contributed by atoms with Gasteiger partial charge in [-0.25, -0.2) is 16.8 Å². The van der Waals surface area contributed by atoms with E-state index in [0.717, 1.165) is 53.2 Å². The first-order valence-corrected chi connectivity index (χ1v) is 22.6. The first-order chi connectivity index (χ1) is 26.0. The van der Waals surface area contributed by atoms with E-state index in [1.54, 1.807) is 0 Å². The Balaban J connectivity index is 0.00000360. The van der Waals surface area contributed by atoms with Crippen molar-refractivity contribution < 1.29 is 89.6 Å². The van der Waals surface area contributed by atoms with Crippen LogP contribution in [0.25, 0.3) is 5.57 Å². The van der Waals surface area contributed by atoms with Gasteiger partial charge < -0.3 is 14.0 Å². The molecule has 0 amide bonds. The predicted molar refractivity (Wildman–Crippen MR) is 221 cm³/mol. The summed E-state index contributed by atoms with van der Waals surface area (Å²) in [5, 5.41) is 0.664. The Hall–Kier alpha value is -1.80. The van der Waals surface area contributed by atoms with Crippen LogP contribution in [0.5, 0.6) is 0 Å². The molecule has 292 valence electrons. The van der Waals surface area contributed by atoms with Gasteiger partial charge in [-0.05, 0) is 104 Å². The van der Waals surface area contributed by atoms with Gasteiger partial charge in [0.25, 0.3) is 0 Å². The third kappa shape index (κ3) is 11.3. The van der Waals surface area contributed by atoms with Crippen molar-refractivity contribution in [2.75, 3.05) is 29.5 Å². The van der Waals surface area contributed by atoms with Gasteiger partial charge in [-0.1, -0.05) is 86.1 Å². The van der Waals surface area contributed by atoms with Crippen molar-refractivity contribution in [2.45, 2.75) is 83.5 Å². The molecule has 3 aromatic rings. The second-order valence-electron chi connectivity index (χ2n) is 15.7. The molecule has 6 rings (SSSR count). The van der Waals surface area contributed by atoms with Crippen molar-refractivity contribution >= 4 is 54.5 Å². The molecular formula is C44H50ClN2Na2O6S2+. The molecule has 2 heterocycles. The van der Waals surface area contributed by atoms with Crippen LogP contribution in [0.15, 0.2) is 114 Å². The zero-order valence-corrected chi connectivity index (χ0v) is 40.4. The smallest absolute Gasteiger partial charge is 0.748 e. The second-order valence-corrected chi connectivity index (χ2v) is 19.2. The number of nitrogens with zero attached hydrogens (tertiary/aromatic N) is 2. The molecule has 0 saturated heterocycles. The normalized spacial score (nSPS) is 18.9. The van der Waals surface area contributed by atoms with Crippen molar-refractivity contribution in [2.24, 2.45) is 0 Å². The Labute approximate surface area is 389 Å². The van der Waals surface area contributed by atoms with E-state index in [0.29, 0.717) is 43.8 Å². The Bertz CT molecular complexity index is 2330. The number of anilines is 1. The number of benzene rings is 3. The molecule has 0 bridgehead atoms. The molecule has 0 aromatic heterocycles. The van der Waals surface area contributed by atoms with Crippen molar-refractivity contribution in [1.82, 2.24) is 0 Å². The van der Waals surface area contributed by atoms with Crippen molar-refractivity contribution in [3.05, 3.63) is 136 Å². The number of hydrogen-bond acceptors (Lipinski definition) is 7. The van der Waals surface area contributed by atoms with Crippen molar-refractivity contribution in [3.63, 3.8) is 0 Å². The molecule has 0 saturated carbocycles. The molecule has 57 heavy (non-hydrogen) atoms. The standard InChI is InChI=1S/C44H51ClN2O6S2.2Na/c1-43(2)36-16-5-7-18-38(36)46(28-9-11-30-54(48,49)50)40(43)26-22-32-14-13-15-33(42(32)34-20-24-35(45)25-21-34)23-27-41-44(3,4)37-17-6-8-19-39(37)47(41)29-10-12-31-55(51,52)53;;/h5-8,16-27H,9-15,28-31H2,1-4H3,(H-,48,49,50,51,52,53);;/q;2*+1/p-1. The molecule has 1 aliphatic carbocycles. The van der Waals surface area contributed by atoms with E-state index in [-0.39, 0.29) is 81.5 Å². The summed E-state index contributed by atoms with van der Waals surface area (Å²) < 4.78 is 70.3. The second kappa shape index (κ2) is 19.7. The minimum absolute atomic E-state index is 0. The van der Waals surface area contributed by atoms with Crippen LogP contribution in [0.3, 0.4) is 0 Å². The summed E-state index contributed by atoms with van der Waals surface area (Å²) >= 11 is 6.39. The van der Waals surface area contributed by atoms with Gasteiger partial charge in [-0.15, -0.1) is 0 Å². The number of halogens is 1. The van der Waals surface area contributed by atoms with E-state index in [2.05, 4.69) is 97.9 Å². The molecule has 0 N–H and O–H groups in total. The third-order valence-electron chi connectivity index (χ3n) is 11.2. The molecule has 0 unspecified atom stereocenters. The number of rotatable bonds is 14. The number of para-hydroxylation sites is 2. The van der Waals surface area contributed by atoms with Gasteiger partial charge in [0.15, 0.2) is 5.71 Å². The minimum Gasteiger partial charge on any atom is -0.748 e. The Morgan fingerprint density at radius 3 is 2.02 bits per heavy atom. The van der Waals surface area contributed by atoms with E-state index in [1.807, 2.05) is 36.4 Å². The van der Waals surface area contributed by atoms with E-state index >= 15 is 0 Å². The first-order valence-electron chi connectivity index (χ1n) is 19.0. The van der Waals surface area contributed by atoms with Crippen molar-refractivity contribution in [3.8, 4) is 0 Å².